The number of nitrogens with one attached hydrogen (secondary N) is 1. The molecule has 9 heteroatoms. The Morgan fingerprint density at radius 3 is 2.22 bits per heavy atom. The second-order valence-electron chi connectivity index (χ2n) is 7.09. The number of amides is 1. The molecule has 0 atom stereocenters. The van der Waals surface area contributed by atoms with Crippen molar-refractivity contribution in [2.45, 2.75) is 13.2 Å². The van der Waals surface area contributed by atoms with Crippen molar-refractivity contribution in [3.63, 3.8) is 0 Å². The molecule has 0 radical (unpaired) electrons. The smallest absolute Gasteiger partial charge is 0.241 e. The first-order valence-electron chi connectivity index (χ1n) is 9.67. The molecular weight excluding hydrogens is 438 g/mol. The number of sulfonamides is 1. The molecule has 0 unspecified atom stereocenters. The summed E-state index contributed by atoms with van der Waals surface area (Å²) in [4.78, 5) is 12.3. The quantitative estimate of drug-likeness (QED) is 0.529. The normalized spacial score (nSPS) is 11.1. The van der Waals surface area contributed by atoms with E-state index < -0.39 is 28.3 Å². The Hall–Kier alpha value is -3.46. The van der Waals surface area contributed by atoms with Crippen molar-refractivity contribution >= 4 is 21.6 Å². The molecule has 32 heavy (non-hydrogen) atoms. The number of benzene rings is 3. The van der Waals surface area contributed by atoms with E-state index in [-0.39, 0.29) is 24.7 Å². The molecule has 0 aliphatic heterocycles. The van der Waals surface area contributed by atoms with Crippen molar-refractivity contribution in [2.24, 2.45) is 0 Å². The molecule has 0 heterocycles. The van der Waals surface area contributed by atoms with Gasteiger partial charge in [0.25, 0.3) is 0 Å². The SMILES string of the molecule is CS(=O)(=O)N(CC(=O)NCc1ccc(OCc2ccc(F)cc2)cc1)c1cccc(F)c1. The van der Waals surface area contributed by atoms with E-state index in [0.29, 0.717) is 5.75 Å². The molecular formula is C23H22F2N2O4S. The van der Waals surface area contributed by atoms with Crippen LogP contribution in [0.3, 0.4) is 0 Å². The molecule has 0 saturated carbocycles. The summed E-state index contributed by atoms with van der Waals surface area (Å²) in [5.41, 5.74) is 1.69. The van der Waals surface area contributed by atoms with Crippen LogP contribution in [0.15, 0.2) is 72.8 Å². The fraction of sp³-hybridized carbons (Fsp3) is 0.174. The van der Waals surface area contributed by atoms with Crippen LogP contribution < -0.4 is 14.4 Å². The van der Waals surface area contributed by atoms with E-state index in [1.165, 1.54) is 30.3 Å². The molecule has 0 aliphatic carbocycles. The Balaban J connectivity index is 1.54. The Morgan fingerprint density at radius 2 is 1.59 bits per heavy atom. The van der Waals surface area contributed by atoms with E-state index in [2.05, 4.69) is 5.32 Å². The maximum atomic E-state index is 13.5. The number of hydrogen-bond acceptors (Lipinski definition) is 4. The second kappa shape index (κ2) is 10.2. The Morgan fingerprint density at radius 1 is 0.938 bits per heavy atom. The van der Waals surface area contributed by atoms with Crippen molar-refractivity contribution in [2.75, 3.05) is 17.1 Å². The van der Waals surface area contributed by atoms with Gasteiger partial charge in [0.05, 0.1) is 11.9 Å². The number of hydrogen-bond donors (Lipinski definition) is 1. The van der Waals surface area contributed by atoms with E-state index in [4.69, 9.17) is 4.74 Å². The van der Waals surface area contributed by atoms with Crippen LogP contribution in [-0.4, -0.2) is 27.1 Å². The van der Waals surface area contributed by atoms with Gasteiger partial charge in [-0.25, -0.2) is 17.2 Å². The first-order chi connectivity index (χ1) is 15.2. The average molecular weight is 461 g/mol. The summed E-state index contributed by atoms with van der Waals surface area (Å²) in [6.45, 7) is -0.00323. The fourth-order valence-corrected chi connectivity index (χ4v) is 3.72. The maximum absolute atomic E-state index is 13.5. The molecule has 0 aliphatic rings. The van der Waals surface area contributed by atoms with Gasteiger partial charge < -0.3 is 10.1 Å². The summed E-state index contributed by atoms with van der Waals surface area (Å²) in [5, 5.41) is 2.65. The molecule has 0 bridgehead atoms. The van der Waals surface area contributed by atoms with Gasteiger partial charge in [-0.15, -0.1) is 0 Å². The van der Waals surface area contributed by atoms with Crippen LogP contribution in [0.25, 0.3) is 0 Å². The van der Waals surface area contributed by atoms with Crippen molar-refractivity contribution in [3.05, 3.63) is 95.6 Å². The van der Waals surface area contributed by atoms with Crippen molar-refractivity contribution in [1.29, 1.82) is 0 Å². The van der Waals surface area contributed by atoms with Gasteiger partial charge in [0, 0.05) is 6.54 Å². The zero-order valence-electron chi connectivity index (χ0n) is 17.3. The minimum Gasteiger partial charge on any atom is -0.489 e. The Kier molecular flexibility index (Phi) is 7.42. The summed E-state index contributed by atoms with van der Waals surface area (Å²) in [6.07, 6.45) is 0.954. The minimum atomic E-state index is -3.78. The van der Waals surface area contributed by atoms with Crippen LogP contribution in [0.1, 0.15) is 11.1 Å². The molecule has 0 fully saturated rings. The molecule has 1 N–H and O–H groups in total. The number of ether oxygens (including phenoxy) is 1. The number of nitrogens with zero attached hydrogens (tertiary/aromatic N) is 1. The lowest BCUT2D eigenvalue weighted by molar-refractivity contribution is -0.119. The molecule has 3 aromatic carbocycles. The standard InChI is InChI=1S/C23H22F2N2O4S/c1-32(29,30)27(21-4-2-3-20(25)13-21)15-23(28)26-14-17-7-11-22(12-8-17)31-16-18-5-9-19(24)10-6-18/h2-13H,14-16H2,1H3,(H,26,28). The summed E-state index contributed by atoms with van der Waals surface area (Å²) < 4.78 is 57.0. The van der Waals surface area contributed by atoms with Crippen molar-refractivity contribution in [3.8, 4) is 5.75 Å². The lowest BCUT2D eigenvalue weighted by Gasteiger charge is -2.22. The minimum absolute atomic E-state index is 0.0744. The zero-order valence-corrected chi connectivity index (χ0v) is 18.1. The van der Waals surface area contributed by atoms with E-state index >= 15 is 0 Å². The third kappa shape index (κ3) is 6.78. The topological polar surface area (TPSA) is 75.7 Å². The van der Waals surface area contributed by atoms with Crippen LogP contribution in [0.5, 0.6) is 5.75 Å². The maximum Gasteiger partial charge on any atom is 0.241 e. The lowest BCUT2D eigenvalue weighted by Crippen LogP contribution is -2.40. The highest BCUT2D eigenvalue weighted by Gasteiger charge is 2.21. The van der Waals surface area contributed by atoms with Crippen LogP contribution in [0.2, 0.25) is 0 Å². The van der Waals surface area contributed by atoms with Gasteiger partial charge in [-0.05, 0) is 53.6 Å². The highest BCUT2D eigenvalue weighted by Crippen LogP contribution is 2.18. The first-order valence-corrected chi connectivity index (χ1v) is 11.5. The molecule has 1 amide bonds. The van der Waals surface area contributed by atoms with Gasteiger partial charge in [0.15, 0.2) is 0 Å². The summed E-state index contributed by atoms with van der Waals surface area (Å²) in [7, 11) is -3.78. The molecule has 0 spiro atoms. The van der Waals surface area contributed by atoms with Gasteiger partial charge in [-0.2, -0.15) is 0 Å². The van der Waals surface area contributed by atoms with E-state index in [1.54, 1.807) is 36.4 Å². The Bertz CT molecular complexity index is 1170. The molecule has 168 valence electrons. The van der Waals surface area contributed by atoms with Gasteiger partial charge in [-0.1, -0.05) is 30.3 Å². The predicted molar refractivity (Wildman–Crippen MR) is 118 cm³/mol. The monoisotopic (exact) mass is 460 g/mol. The first kappa shape index (κ1) is 23.2. The van der Waals surface area contributed by atoms with Gasteiger partial charge in [0.1, 0.15) is 30.5 Å². The summed E-state index contributed by atoms with van der Waals surface area (Å²) >= 11 is 0. The number of rotatable bonds is 9. The van der Waals surface area contributed by atoms with E-state index in [9.17, 15) is 22.0 Å². The Labute approximate surface area is 185 Å². The highest BCUT2D eigenvalue weighted by atomic mass is 32.2. The predicted octanol–water partition coefficient (Wildman–Crippen LogP) is 3.63. The van der Waals surface area contributed by atoms with Gasteiger partial charge >= 0.3 is 0 Å². The number of anilines is 1. The lowest BCUT2D eigenvalue weighted by atomic mass is 10.2. The average Bonchev–Trinajstić information content (AvgIpc) is 2.75. The molecule has 0 aromatic heterocycles. The van der Waals surface area contributed by atoms with Crippen molar-refractivity contribution in [1.82, 2.24) is 5.32 Å². The summed E-state index contributed by atoms with van der Waals surface area (Å²) in [6, 6.07) is 18.1. The number of carbonyl (C=O) groups is 1. The molecule has 6 nitrogen and oxygen atoms in total. The largest absolute Gasteiger partial charge is 0.489 e. The van der Waals surface area contributed by atoms with Gasteiger partial charge in [-0.3, -0.25) is 9.10 Å². The second-order valence-corrected chi connectivity index (χ2v) is 8.99. The molecule has 0 saturated heterocycles. The van der Waals surface area contributed by atoms with Crippen LogP contribution in [0, 0.1) is 11.6 Å². The number of halogens is 2. The van der Waals surface area contributed by atoms with E-state index in [1.807, 2.05) is 0 Å². The van der Waals surface area contributed by atoms with Crippen LogP contribution >= 0.6 is 0 Å². The fourth-order valence-electron chi connectivity index (χ4n) is 2.87. The number of carbonyl (C=O) groups excluding carboxylic acids is 1. The third-order valence-corrected chi connectivity index (χ3v) is 5.66. The summed E-state index contributed by atoms with van der Waals surface area (Å²) in [5.74, 6) is -0.830. The van der Waals surface area contributed by atoms with E-state index in [0.717, 1.165) is 27.8 Å². The van der Waals surface area contributed by atoms with Gasteiger partial charge in [0.2, 0.25) is 15.9 Å². The highest BCUT2D eigenvalue weighted by molar-refractivity contribution is 7.92. The third-order valence-electron chi connectivity index (χ3n) is 4.52. The molecule has 3 rings (SSSR count). The van der Waals surface area contributed by atoms with Crippen LogP contribution in [-0.2, 0) is 28.0 Å². The zero-order chi connectivity index (χ0) is 23.1. The van der Waals surface area contributed by atoms with Crippen molar-refractivity contribution < 1.29 is 26.7 Å². The van der Waals surface area contributed by atoms with Crippen LogP contribution in [0.4, 0.5) is 14.5 Å². The molecule has 3 aromatic rings.